The van der Waals surface area contributed by atoms with Crippen molar-refractivity contribution in [2.45, 2.75) is 20.8 Å². The molecule has 0 N–H and O–H groups in total. The number of carbonyl (C=O) groups excluding carboxylic acids is 2. The van der Waals surface area contributed by atoms with Crippen LogP contribution in [0.2, 0.25) is 0 Å². The third-order valence-electron chi connectivity index (χ3n) is 4.21. The molecule has 1 aromatic rings. The van der Waals surface area contributed by atoms with E-state index in [1.807, 2.05) is 39.0 Å². The summed E-state index contributed by atoms with van der Waals surface area (Å²) in [6.45, 7) is 5.95. The predicted molar refractivity (Wildman–Crippen MR) is 72.1 cm³/mol. The summed E-state index contributed by atoms with van der Waals surface area (Å²) in [5.74, 6) is -0.341. The Morgan fingerprint density at radius 3 is 2.22 bits per heavy atom. The van der Waals surface area contributed by atoms with Gasteiger partial charge in [-0.1, -0.05) is 35.8 Å². The second kappa shape index (κ2) is 3.44. The Balaban J connectivity index is 1.98. The first-order valence-electron chi connectivity index (χ1n) is 5.99. The molecule has 94 valence electrons. The number of nitrogens with zero attached hydrogens (tertiary/aromatic N) is 1. The van der Waals surface area contributed by atoms with Crippen LogP contribution in [-0.2, 0) is 9.59 Å². The fourth-order valence-corrected chi connectivity index (χ4v) is 3.29. The SMILES string of the molecule is Cc1ccc(N2C(=O)C3C(C2=O)C3(C)C)cc1Br. The molecule has 1 aromatic carbocycles. The van der Waals surface area contributed by atoms with Gasteiger partial charge in [0.05, 0.1) is 17.5 Å². The van der Waals surface area contributed by atoms with Crippen LogP contribution in [-0.4, -0.2) is 11.8 Å². The Hall–Kier alpha value is -1.16. The van der Waals surface area contributed by atoms with Gasteiger partial charge in [-0.05, 0) is 30.0 Å². The van der Waals surface area contributed by atoms with Crippen LogP contribution in [0.1, 0.15) is 19.4 Å². The van der Waals surface area contributed by atoms with Crippen LogP contribution < -0.4 is 4.90 Å². The molecule has 1 aliphatic carbocycles. The van der Waals surface area contributed by atoms with E-state index in [2.05, 4.69) is 15.9 Å². The van der Waals surface area contributed by atoms with E-state index in [9.17, 15) is 9.59 Å². The normalized spacial score (nSPS) is 28.6. The highest BCUT2D eigenvalue weighted by Gasteiger charge is 2.72. The lowest BCUT2D eigenvalue weighted by Gasteiger charge is -2.21. The van der Waals surface area contributed by atoms with Gasteiger partial charge < -0.3 is 0 Å². The largest absolute Gasteiger partial charge is 0.274 e. The first kappa shape index (κ1) is 11.9. The van der Waals surface area contributed by atoms with Gasteiger partial charge in [0.2, 0.25) is 11.8 Å². The minimum absolute atomic E-state index is 0.0502. The number of piperidine rings is 1. The van der Waals surface area contributed by atoms with Crippen LogP contribution in [0.25, 0.3) is 0 Å². The minimum atomic E-state index is -0.146. The van der Waals surface area contributed by atoms with Crippen molar-refractivity contribution in [3.05, 3.63) is 28.2 Å². The molecule has 2 aliphatic rings. The highest BCUT2D eigenvalue weighted by atomic mass is 79.9. The van der Waals surface area contributed by atoms with Gasteiger partial charge in [-0.3, -0.25) is 9.59 Å². The van der Waals surface area contributed by atoms with Gasteiger partial charge in [0.1, 0.15) is 0 Å². The van der Waals surface area contributed by atoms with E-state index in [-0.39, 0.29) is 29.1 Å². The molecule has 1 saturated carbocycles. The number of fused-ring (bicyclic) bond motifs is 1. The Morgan fingerprint density at radius 2 is 1.72 bits per heavy atom. The number of carbonyl (C=O) groups is 2. The van der Waals surface area contributed by atoms with Crippen molar-refractivity contribution in [3.63, 3.8) is 0 Å². The molecule has 0 radical (unpaired) electrons. The molecule has 0 aromatic heterocycles. The van der Waals surface area contributed by atoms with Gasteiger partial charge in [-0.25, -0.2) is 4.90 Å². The Labute approximate surface area is 114 Å². The molecule has 1 heterocycles. The fraction of sp³-hybridized carbons (Fsp3) is 0.429. The zero-order chi connectivity index (χ0) is 13.2. The molecule has 4 heteroatoms. The zero-order valence-corrected chi connectivity index (χ0v) is 12.1. The third kappa shape index (κ3) is 1.35. The molecule has 18 heavy (non-hydrogen) atoms. The molecule has 1 saturated heterocycles. The average Bonchev–Trinajstić information content (AvgIpc) is 2.74. The van der Waals surface area contributed by atoms with E-state index < -0.39 is 0 Å². The highest BCUT2D eigenvalue weighted by Crippen LogP contribution is 2.63. The summed E-state index contributed by atoms with van der Waals surface area (Å²) in [6, 6.07) is 5.58. The summed E-state index contributed by atoms with van der Waals surface area (Å²) in [5.41, 5.74) is 1.61. The van der Waals surface area contributed by atoms with E-state index in [1.54, 1.807) is 0 Å². The van der Waals surface area contributed by atoms with Crippen molar-refractivity contribution in [3.8, 4) is 0 Å². The summed E-state index contributed by atoms with van der Waals surface area (Å²) in [6.07, 6.45) is 0. The molecule has 0 bridgehead atoms. The van der Waals surface area contributed by atoms with Gasteiger partial charge in [-0.2, -0.15) is 0 Å². The van der Waals surface area contributed by atoms with Crippen molar-refractivity contribution >= 4 is 33.4 Å². The Bertz CT molecular complexity index is 555. The minimum Gasteiger partial charge on any atom is -0.274 e. The number of imide groups is 1. The van der Waals surface area contributed by atoms with Crippen molar-refractivity contribution in [1.29, 1.82) is 0 Å². The maximum absolute atomic E-state index is 12.3. The van der Waals surface area contributed by atoms with Crippen LogP contribution in [0.3, 0.4) is 0 Å². The first-order valence-corrected chi connectivity index (χ1v) is 6.79. The summed E-state index contributed by atoms with van der Waals surface area (Å²) >= 11 is 3.43. The van der Waals surface area contributed by atoms with Crippen LogP contribution in [0, 0.1) is 24.2 Å². The number of aryl methyl sites for hydroxylation is 1. The standard InChI is InChI=1S/C14H14BrNO2/c1-7-4-5-8(6-9(7)15)16-12(17)10-11(13(16)18)14(10,2)3/h4-6,10-11H,1-3H3. The van der Waals surface area contributed by atoms with Crippen molar-refractivity contribution in [2.75, 3.05) is 4.90 Å². The van der Waals surface area contributed by atoms with Crippen molar-refractivity contribution < 1.29 is 9.59 Å². The number of benzene rings is 1. The first-order chi connectivity index (χ1) is 8.35. The number of anilines is 1. The molecule has 2 fully saturated rings. The molecule has 0 spiro atoms. The molecule has 3 nitrogen and oxygen atoms in total. The quantitative estimate of drug-likeness (QED) is 0.748. The van der Waals surface area contributed by atoms with E-state index >= 15 is 0 Å². The third-order valence-corrected chi connectivity index (χ3v) is 5.07. The molecule has 2 unspecified atom stereocenters. The molecular weight excluding hydrogens is 294 g/mol. The maximum atomic E-state index is 12.3. The summed E-state index contributed by atoms with van der Waals surface area (Å²) in [4.78, 5) is 25.9. The zero-order valence-electron chi connectivity index (χ0n) is 10.5. The van der Waals surface area contributed by atoms with Crippen LogP contribution >= 0.6 is 15.9 Å². The lowest BCUT2D eigenvalue weighted by molar-refractivity contribution is -0.125. The molecular formula is C14H14BrNO2. The van der Waals surface area contributed by atoms with Crippen LogP contribution in [0.5, 0.6) is 0 Å². The predicted octanol–water partition coefficient (Wildman–Crippen LogP) is 2.90. The lowest BCUT2D eigenvalue weighted by Crippen LogP contribution is -2.36. The van der Waals surface area contributed by atoms with Crippen LogP contribution in [0.4, 0.5) is 5.69 Å². The number of halogens is 1. The van der Waals surface area contributed by atoms with Gasteiger partial charge >= 0.3 is 0 Å². The van der Waals surface area contributed by atoms with Crippen molar-refractivity contribution in [1.82, 2.24) is 0 Å². The summed E-state index contributed by atoms with van der Waals surface area (Å²) in [7, 11) is 0. The maximum Gasteiger partial charge on any atom is 0.238 e. The van der Waals surface area contributed by atoms with E-state index in [4.69, 9.17) is 0 Å². The second-order valence-electron chi connectivity index (χ2n) is 5.72. The van der Waals surface area contributed by atoms with E-state index in [0.29, 0.717) is 5.69 Å². The number of hydrogen-bond donors (Lipinski definition) is 0. The number of hydrogen-bond acceptors (Lipinski definition) is 2. The molecule has 2 atom stereocenters. The van der Waals surface area contributed by atoms with Gasteiger partial charge in [0.15, 0.2) is 0 Å². The van der Waals surface area contributed by atoms with Gasteiger partial charge in [-0.15, -0.1) is 0 Å². The molecule has 1 aliphatic heterocycles. The number of amides is 2. The number of rotatable bonds is 1. The second-order valence-corrected chi connectivity index (χ2v) is 6.58. The van der Waals surface area contributed by atoms with E-state index in [0.717, 1.165) is 10.0 Å². The van der Waals surface area contributed by atoms with Gasteiger partial charge in [0.25, 0.3) is 0 Å². The highest BCUT2D eigenvalue weighted by molar-refractivity contribution is 9.10. The smallest absolute Gasteiger partial charge is 0.238 e. The average molecular weight is 308 g/mol. The lowest BCUT2D eigenvalue weighted by atomic mass is 10.1. The van der Waals surface area contributed by atoms with Crippen molar-refractivity contribution in [2.24, 2.45) is 17.3 Å². The summed E-state index contributed by atoms with van der Waals surface area (Å²) < 4.78 is 0.917. The van der Waals surface area contributed by atoms with Gasteiger partial charge in [0, 0.05) is 4.47 Å². The topological polar surface area (TPSA) is 37.4 Å². The monoisotopic (exact) mass is 307 g/mol. The Kier molecular flexibility index (Phi) is 2.28. The van der Waals surface area contributed by atoms with Crippen LogP contribution in [0.15, 0.2) is 22.7 Å². The molecule has 3 rings (SSSR count). The van der Waals surface area contributed by atoms with E-state index in [1.165, 1.54) is 4.90 Å². The fourth-order valence-electron chi connectivity index (χ4n) is 2.92. The Morgan fingerprint density at radius 1 is 1.17 bits per heavy atom. The summed E-state index contributed by atoms with van der Waals surface area (Å²) in [5, 5.41) is 0. The molecule has 2 amide bonds.